The third-order valence-corrected chi connectivity index (χ3v) is 5.33. The number of aromatic nitrogens is 2. The van der Waals surface area contributed by atoms with E-state index in [1.807, 2.05) is 0 Å². The summed E-state index contributed by atoms with van der Waals surface area (Å²) in [6.07, 6.45) is 3.29. The molecule has 8 heteroatoms. The fraction of sp³-hybridized carbons (Fsp3) is 0.261. The zero-order chi connectivity index (χ0) is 21.8. The van der Waals surface area contributed by atoms with E-state index in [-0.39, 0.29) is 36.0 Å². The van der Waals surface area contributed by atoms with Crippen LogP contribution in [0.4, 0.5) is 14.7 Å². The molecule has 1 aromatic heterocycles. The Morgan fingerprint density at radius 3 is 2.48 bits per heavy atom. The summed E-state index contributed by atoms with van der Waals surface area (Å²) in [4.78, 5) is 23.0. The van der Waals surface area contributed by atoms with Gasteiger partial charge in [-0.1, -0.05) is 12.1 Å². The van der Waals surface area contributed by atoms with Gasteiger partial charge in [0.1, 0.15) is 17.4 Å². The molecule has 0 saturated carbocycles. The molecular weight excluding hydrogens is 402 g/mol. The van der Waals surface area contributed by atoms with Gasteiger partial charge < -0.3 is 15.4 Å². The summed E-state index contributed by atoms with van der Waals surface area (Å²) in [7, 11) is 0. The van der Waals surface area contributed by atoms with E-state index in [0.717, 1.165) is 29.7 Å². The predicted molar refractivity (Wildman–Crippen MR) is 112 cm³/mol. The normalized spacial score (nSPS) is 16.2. The maximum atomic E-state index is 13.4. The van der Waals surface area contributed by atoms with Crippen molar-refractivity contribution in [2.45, 2.75) is 18.8 Å². The molecule has 4 rings (SSSR count). The van der Waals surface area contributed by atoms with Crippen LogP contribution in [0.5, 0.6) is 5.75 Å². The van der Waals surface area contributed by atoms with Crippen molar-refractivity contribution in [2.75, 3.05) is 25.4 Å². The van der Waals surface area contributed by atoms with Crippen molar-refractivity contribution in [3.05, 3.63) is 72.1 Å². The highest BCUT2D eigenvalue weighted by Crippen LogP contribution is 2.33. The maximum Gasteiger partial charge on any atom is 0.260 e. The molecule has 0 radical (unpaired) electrons. The molecule has 2 heterocycles. The number of rotatable bonds is 5. The Morgan fingerprint density at radius 2 is 1.77 bits per heavy atom. The lowest BCUT2D eigenvalue weighted by molar-refractivity contribution is -0.134. The SMILES string of the molecule is Nc1ncc(-c2ccc(F)cc2)c([C@@H]2CCCN(C(=O)COc3ccc(F)cc3)C2)n1. The van der Waals surface area contributed by atoms with Crippen LogP contribution in [0.1, 0.15) is 24.5 Å². The molecule has 0 bridgehead atoms. The van der Waals surface area contributed by atoms with E-state index in [0.29, 0.717) is 18.8 Å². The molecule has 6 nitrogen and oxygen atoms in total. The highest BCUT2D eigenvalue weighted by Gasteiger charge is 2.28. The Balaban J connectivity index is 1.49. The Labute approximate surface area is 178 Å². The number of likely N-dealkylation sites (tertiary alicyclic amines) is 1. The minimum atomic E-state index is -0.362. The van der Waals surface area contributed by atoms with Gasteiger partial charge >= 0.3 is 0 Å². The first-order valence-electron chi connectivity index (χ1n) is 10.0. The van der Waals surface area contributed by atoms with Crippen molar-refractivity contribution in [1.82, 2.24) is 14.9 Å². The smallest absolute Gasteiger partial charge is 0.260 e. The number of piperidine rings is 1. The standard InChI is InChI=1S/C23H22F2N4O2/c24-17-5-3-15(4-6-17)20-12-27-23(26)28-22(20)16-2-1-11-29(13-16)21(30)14-31-19-9-7-18(25)8-10-19/h3-10,12,16H,1-2,11,13-14H2,(H2,26,27,28)/t16-/m1/s1. The van der Waals surface area contributed by atoms with Crippen LogP contribution >= 0.6 is 0 Å². The first kappa shape index (κ1) is 20.7. The summed E-state index contributed by atoms with van der Waals surface area (Å²) in [5.74, 6) is -0.279. The number of carbonyl (C=O) groups is 1. The molecule has 160 valence electrons. The van der Waals surface area contributed by atoms with Crippen molar-refractivity contribution in [1.29, 1.82) is 0 Å². The van der Waals surface area contributed by atoms with Crippen LogP contribution < -0.4 is 10.5 Å². The number of hydrogen-bond donors (Lipinski definition) is 1. The number of amides is 1. The van der Waals surface area contributed by atoms with Crippen molar-refractivity contribution < 1.29 is 18.3 Å². The molecule has 31 heavy (non-hydrogen) atoms. The Hall–Kier alpha value is -3.55. The van der Waals surface area contributed by atoms with E-state index < -0.39 is 0 Å². The van der Waals surface area contributed by atoms with Gasteiger partial charge in [-0.2, -0.15) is 0 Å². The van der Waals surface area contributed by atoms with E-state index in [1.54, 1.807) is 23.2 Å². The number of nitrogens with two attached hydrogens (primary N) is 1. The Bertz CT molecular complexity index is 1060. The maximum absolute atomic E-state index is 13.4. The molecule has 1 atom stereocenters. The van der Waals surface area contributed by atoms with Crippen LogP contribution in [-0.4, -0.2) is 40.5 Å². The summed E-state index contributed by atoms with van der Waals surface area (Å²) in [5.41, 5.74) is 8.16. The molecule has 1 fully saturated rings. The van der Waals surface area contributed by atoms with Gasteiger partial charge in [0.15, 0.2) is 6.61 Å². The van der Waals surface area contributed by atoms with Gasteiger partial charge in [0, 0.05) is 30.8 Å². The molecule has 0 aliphatic carbocycles. The predicted octanol–water partition coefficient (Wildman–Crippen LogP) is 3.79. The zero-order valence-corrected chi connectivity index (χ0v) is 16.8. The van der Waals surface area contributed by atoms with Gasteiger partial charge in [-0.05, 0) is 54.8 Å². The summed E-state index contributed by atoms with van der Waals surface area (Å²) in [5, 5.41) is 0. The van der Waals surface area contributed by atoms with Crippen LogP contribution in [0.3, 0.4) is 0 Å². The van der Waals surface area contributed by atoms with Gasteiger partial charge in [-0.25, -0.2) is 18.7 Å². The van der Waals surface area contributed by atoms with Crippen molar-refractivity contribution >= 4 is 11.9 Å². The Kier molecular flexibility index (Phi) is 6.06. The van der Waals surface area contributed by atoms with Crippen LogP contribution in [0.15, 0.2) is 54.7 Å². The zero-order valence-electron chi connectivity index (χ0n) is 16.8. The van der Waals surface area contributed by atoms with Crippen LogP contribution in [0.25, 0.3) is 11.1 Å². The van der Waals surface area contributed by atoms with Crippen LogP contribution in [0.2, 0.25) is 0 Å². The number of carbonyl (C=O) groups excluding carboxylic acids is 1. The molecule has 2 aromatic carbocycles. The number of anilines is 1. The lowest BCUT2D eigenvalue weighted by Gasteiger charge is -2.33. The highest BCUT2D eigenvalue weighted by atomic mass is 19.1. The summed E-state index contributed by atoms with van der Waals surface area (Å²) in [6.45, 7) is 0.958. The monoisotopic (exact) mass is 424 g/mol. The van der Waals surface area contributed by atoms with E-state index in [4.69, 9.17) is 10.5 Å². The highest BCUT2D eigenvalue weighted by molar-refractivity contribution is 5.78. The Morgan fingerprint density at radius 1 is 1.10 bits per heavy atom. The van der Waals surface area contributed by atoms with Gasteiger partial charge in [-0.15, -0.1) is 0 Å². The van der Waals surface area contributed by atoms with Gasteiger partial charge in [0.2, 0.25) is 5.95 Å². The summed E-state index contributed by atoms with van der Waals surface area (Å²) in [6, 6.07) is 11.7. The minimum Gasteiger partial charge on any atom is -0.484 e. The molecule has 1 amide bonds. The number of ether oxygens (including phenoxy) is 1. The largest absolute Gasteiger partial charge is 0.484 e. The first-order chi connectivity index (χ1) is 15.0. The van der Waals surface area contributed by atoms with Crippen molar-refractivity contribution in [2.24, 2.45) is 0 Å². The summed E-state index contributed by atoms with van der Waals surface area (Å²) >= 11 is 0. The topological polar surface area (TPSA) is 81.3 Å². The molecule has 0 spiro atoms. The third-order valence-electron chi connectivity index (χ3n) is 5.33. The average Bonchev–Trinajstić information content (AvgIpc) is 2.79. The second-order valence-electron chi connectivity index (χ2n) is 7.46. The molecule has 1 saturated heterocycles. The first-order valence-corrected chi connectivity index (χ1v) is 10.0. The van der Waals surface area contributed by atoms with Gasteiger partial charge in [0.25, 0.3) is 5.91 Å². The quantitative estimate of drug-likeness (QED) is 0.674. The number of halogens is 2. The molecular formula is C23H22F2N4O2. The number of nitrogen functional groups attached to an aromatic ring is 1. The van der Waals surface area contributed by atoms with E-state index in [1.165, 1.54) is 36.4 Å². The average molecular weight is 424 g/mol. The lowest BCUT2D eigenvalue weighted by atomic mass is 9.90. The molecule has 2 N–H and O–H groups in total. The summed E-state index contributed by atoms with van der Waals surface area (Å²) < 4.78 is 31.9. The number of hydrogen-bond acceptors (Lipinski definition) is 5. The molecule has 1 aliphatic heterocycles. The van der Waals surface area contributed by atoms with E-state index in [9.17, 15) is 13.6 Å². The second kappa shape index (κ2) is 9.07. The van der Waals surface area contributed by atoms with E-state index >= 15 is 0 Å². The number of benzene rings is 2. The van der Waals surface area contributed by atoms with Gasteiger partial charge in [-0.3, -0.25) is 4.79 Å². The fourth-order valence-corrected chi connectivity index (χ4v) is 3.77. The van der Waals surface area contributed by atoms with Crippen LogP contribution in [-0.2, 0) is 4.79 Å². The molecule has 1 aliphatic rings. The number of nitrogens with zero attached hydrogens (tertiary/aromatic N) is 3. The fourth-order valence-electron chi connectivity index (χ4n) is 3.77. The van der Waals surface area contributed by atoms with Crippen LogP contribution in [0, 0.1) is 11.6 Å². The second-order valence-corrected chi connectivity index (χ2v) is 7.46. The van der Waals surface area contributed by atoms with Crippen molar-refractivity contribution in [3.63, 3.8) is 0 Å². The molecule has 3 aromatic rings. The van der Waals surface area contributed by atoms with E-state index in [2.05, 4.69) is 9.97 Å². The minimum absolute atomic E-state index is 0.0334. The van der Waals surface area contributed by atoms with Crippen molar-refractivity contribution in [3.8, 4) is 16.9 Å². The van der Waals surface area contributed by atoms with Gasteiger partial charge in [0.05, 0.1) is 5.69 Å². The third kappa shape index (κ3) is 4.96. The molecule has 0 unspecified atom stereocenters. The lowest BCUT2D eigenvalue weighted by Crippen LogP contribution is -2.41.